The Morgan fingerprint density at radius 3 is 2.42 bits per heavy atom. The van der Waals surface area contributed by atoms with E-state index in [0.29, 0.717) is 0 Å². The zero-order valence-electron chi connectivity index (χ0n) is 8.89. The molecular weight excluding hydrogens is 166 g/mol. The summed E-state index contributed by atoms with van der Waals surface area (Å²) in [5, 5.41) is 3.23. The number of nitrogens with one attached hydrogen (secondary N) is 1. The topological polar surface area (TPSA) is 12.0 Å². The van der Waals surface area contributed by atoms with Crippen LogP contribution in [-0.2, 0) is 0 Å². The Hall–Kier alpha value is 0.310. The lowest BCUT2D eigenvalue weighted by atomic mass is 9.94. The van der Waals surface area contributed by atoms with Crippen LogP contribution in [0.25, 0.3) is 0 Å². The minimum Gasteiger partial charge on any atom is -0.319 e. The lowest BCUT2D eigenvalue weighted by Gasteiger charge is -2.18. The first-order chi connectivity index (χ1) is 5.72. The van der Waals surface area contributed by atoms with E-state index in [1.165, 1.54) is 17.9 Å². The van der Waals surface area contributed by atoms with E-state index in [2.05, 4.69) is 37.8 Å². The molecule has 0 aromatic carbocycles. The fourth-order valence-corrected chi connectivity index (χ4v) is 2.05. The van der Waals surface area contributed by atoms with E-state index in [1.54, 1.807) is 0 Å². The van der Waals surface area contributed by atoms with E-state index in [0.717, 1.165) is 18.4 Å². The average Bonchev–Trinajstić information content (AvgIpc) is 2.05. The van der Waals surface area contributed by atoms with Crippen molar-refractivity contribution in [3.05, 3.63) is 0 Å². The second-order valence-corrected chi connectivity index (χ2v) is 4.89. The van der Waals surface area contributed by atoms with Gasteiger partial charge < -0.3 is 5.32 Å². The van der Waals surface area contributed by atoms with Crippen molar-refractivity contribution in [2.75, 3.05) is 25.1 Å². The normalized spacial score (nSPS) is 16.0. The maximum absolute atomic E-state index is 3.23. The summed E-state index contributed by atoms with van der Waals surface area (Å²) in [7, 11) is 2.03. The Labute approximate surface area is 81.7 Å². The molecule has 0 amide bonds. The van der Waals surface area contributed by atoms with Crippen LogP contribution in [0.4, 0.5) is 0 Å². The minimum atomic E-state index is 0.812. The molecule has 0 spiro atoms. The summed E-state index contributed by atoms with van der Waals surface area (Å²) >= 11 is 2.05. The smallest absolute Gasteiger partial charge is 0.00236 e. The molecule has 0 aliphatic carbocycles. The van der Waals surface area contributed by atoms with Crippen LogP contribution in [0.2, 0.25) is 0 Å². The Bertz CT molecular complexity index is 95.8. The van der Waals surface area contributed by atoms with Crippen LogP contribution >= 0.6 is 11.8 Å². The fraction of sp³-hybridized carbons (Fsp3) is 1.00. The average molecular weight is 189 g/mol. The van der Waals surface area contributed by atoms with Gasteiger partial charge in [-0.25, -0.2) is 0 Å². The Morgan fingerprint density at radius 1 is 1.25 bits per heavy atom. The van der Waals surface area contributed by atoms with E-state index in [4.69, 9.17) is 0 Å². The lowest BCUT2D eigenvalue weighted by Crippen LogP contribution is -2.22. The quantitative estimate of drug-likeness (QED) is 0.618. The molecule has 74 valence electrons. The summed E-state index contributed by atoms with van der Waals surface area (Å²) in [6.07, 6.45) is 1.36. The predicted molar refractivity (Wildman–Crippen MR) is 59.9 cm³/mol. The fourth-order valence-electron chi connectivity index (χ4n) is 1.22. The number of hydrogen-bond acceptors (Lipinski definition) is 2. The van der Waals surface area contributed by atoms with Crippen LogP contribution in [0.1, 0.15) is 27.2 Å². The van der Waals surface area contributed by atoms with Crippen molar-refractivity contribution < 1.29 is 0 Å². The van der Waals surface area contributed by atoms with Gasteiger partial charge in [0.1, 0.15) is 0 Å². The van der Waals surface area contributed by atoms with E-state index in [-0.39, 0.29) is 0 Å². The highest BCUT2D eigenvalue weighted by Crippen LogP contribution is 2.16. The summed E-state index contributed by atoms with van der Waals surface area (Å²) in [5.41, 5.74) is 0. The predicted octanol–water partition coefficient (Wildman–Crippen LogP) is 2.62. The minimum absolute atomic E-state index is 0.812. The molecule has 0 fully saturated rings. The van der Waals surface area contributed by atoms with Crippen LogP contribution in [-0.4, -0.2) is 25.1 Å². The standard InChI is InChI=1S/C10H23NS/c1-5-12-7-6-9(2)10(3)8-11-4/h9-11H,5-8H2,1-4H3. The van der Waals surface area contributed by atoms with Crippen LogP contribution in [0, 0.1) is 11.8 Å². The lowest BCUT2D eigenvalue weighted by molar-refractivity contribution is 0.369. The SMILES string of the molecule is CCSCCC(C)C(C)CNC. The zero-order valence-corrected chi connectivity index (χ0v) is 9.71. The monoisotopic (exact) mass is 189 g/mol. The molecule has 0 saturated heterocycles. The highest BCUT2D eigenvalue weighted by Gasteiger charge is 2.10. The summed E-state index contributed by atoms with van der Waals surface area (Å²) in [6.45, 7) is 8.07. The van der Waals surface area contributed by atoms with Crippen molar-refractivity contribution in [2.45, 2.75) is 27.2 Å². The maximum atomic E-state index is 3.23. The van der Waals surface area contributed by atoms with Crippen LogP contribution < -0.4 is 5.32 Å². The van der Waals surface area contributed by atoms with Gasteiger partial charge in [-0.2, -0.15) is 11.8 Å². The van der Waals surface area contributed by atoms with Crippen LogP contribution in [0.3, 0.4) is 0 Å². The zero-order chi connectivity index (χ0) is 9.40. The molecule has 1 N–H and O–H groups in total. The van der Waals surface area contributed by atoms with Gasteiger partial charge >= 0.3 is 0 Å². The summed E-state index contributed by atoms with van der Waals surface area (Å²) in [6, 6.07) is 0. The van der Waals surface area contributed by atoms with Gasteiger partial charge in [0.15, 0.2) is 0 Å². The van der Waals surface area contributed by atoms with Gasteiger partial charge in [0.05, 0.1) is 0 Å². The highest BCUT2D eigenvalue weighted by molar-refractivity contribution is 7.99. The number of hydrogen-bond donors (Lipinski definition) is 1. The molecule has 0 aromatic heterocycles. The van der Waals surface area contributed by atoms with Crippen LogP contribution in [0.15, 0.2) is 0 Å². The molecule has 2 atom stereocenters. The Balaban J connectivity index is 3.35. The van der Waals surface area contributed by atoms with Crippen LogP contribution in [0.5, 0.6) is 0 Å². The third-order valence-corrected chi connectivity index (χ3v) is 3.35. The molecule has 0 aromatic rings. The first kappa shape index (κ1) is 12.3. The van der Waals surface area contributed by atoms with E-state index in [1.807, 2.05) is 7.05 Å². The van der Waals surface area contributed by atoms with Gasteiger partial charge in [-0.15, -0.1) is 0 Å². The molecule has 2 heteroatoms. The molecule has 0 heterocycles. The second-order valence-electron chi connectivity index (χ2n) is 3.50. The number of thioether (sulfide) groups is 1. The van der Waals surface area contributed by atoms with E-state index >= 15 is 0 Å². The molecule has 0 bridgehead atoms. The number of rotatable bonds is 7. The van der Waals surface area contributed by atoms with Crippen molar-refractivity contribution in [1.29, 1.82) is 0 Å². The molecule has 0 aliphatic rings. The summed E-state index contributed by atoms with van der Waals surface area (Å²) in [4.78, 5) is 0. The van der Waals surface area contributed by atoms with Crippen molar-refractivity contribution in [3.8, 4) is 0 Å². The van der Waals surface area contributed by atoms with Crippen molar-refractivity contribution in [2.24, 2.45) is 11.8 Å². The van der Waals surface area contributed by atoms with Gasteiger partial charge in [-0.3, -0.25) is 0 Å². The van der Waals surface area contributed by atoms with Gasteiger partial charge in [-0.05, 0) is 43.4 Å². The molecule has 1 nitrogen and oxygen atoms in total. The molecule has 0 radical (unpaired) electrons. The molecular formula is C10H23NS. The van der Waals surface area contributed by atoms with E-state index < -0.39 is 0 Å². The summed E-state index contributed by atoms with van der Waals surface area (Å²) in [5.74, 6) is 4.25. The largest absolute Gasteiger partial charge is 0.319 e. The van der Waals surface area contributed by atoms with Crippen molar-refractivity contribution in [3.63, 3.8) is 0 Å². The van der Waals surface area contributed by atoms with Gasteiger partial charge in [0.2, 0.25) is 0 Å². The molecule has 0 aliphatic heterocycles. The third-order valence-electron chi connectivity index (χ3n) is 2.42. The van der Waals surface area contributed by atoms with Gasteiger partial charge in [-0.1, -0.05) is 20.8 Å². The maximum Gasteiger partial charge on any atom is -0.00236 e. The third kappa shape index (κ3) is 5.90. The van der Waals surface area contributed by atoms with Gasteiger partial charge in [0.25, 0.3) is 0 Å². The Morgan fingerprint density at radius 2 is 1.92 bits per heavy atom. The van der Waals surface area contributed by atoms with Crippen molar-refractivity contribution >= 4 is 11.8 Å². The van der Waals surface area contributed by atoms with Crippen molar-refractivity contribution in [1.82, 2.24) is 5.32 Å². The van der Waals surface area contributed by atoms with E-state index in [9.17, 15) is 0 Å². The molecule has 12 heavy (non-hydrogen) atoms. The Kier molecular flexibility index (Phi) is 8.14. The first-order valence-electron chi connectivity index (χ1n) is 4.94. The summed E-state index contributed by atoms with van der Waals surface area (Å²) < 4.78 is 0. The molecule has 0 saturated carbocycles. The molecule has 2 unspecified atom stereocenters. The second kappa shape index (κ2) is 7.93. The highest BCUT2D eigenvalue weighted by atomic mass is 32.2. The first-order valence-corrected chi connectivity index (χ1v) is 6.10. The van der Waals surface area contributed by atoms with Gasteiger partial charge in [0, 0.05) is 0 Å². The molecule has 0 rings (SSSR count).